The Morgan fingerprint density at radius 2 is 2.00 bits per heavy atom. The van der Waals surface area contributed by atoms with Crippen molar-refractivity contribution in [3.63, 3.8) is 0 Å². The molecule has 1 heterocycles. The van der Waals surface area contributed by atoms with Crippen LogP contribution in [0.1, 0.15) is 29.8 Å². The lowest BCUT2D eigenvalue weighted by molar-refractivity contribution is -0.121. The van der Waals surface area contributed by atoms with Crippen LogP contribution in [-0.2, 0) is 17.8 Å². The quantitative estimate of drug-likeness (QED) is 0.727. The number of carbonyl (C=O) groups is 1. The molecule has 25 heavy (non-hydrogen) atoms. The number of nitrogens with zero attached hydrogens (tertiary/aromatic N) is 2. The topological polar surface area (TPSA) is 67.2 Å². The number of aromatic hydroxyl groups is 1. The van der Waals surface area contributed by atoms with Crippen molar-refractivity contribution in [1.29, 1.82) is 0 Å². The van der Waals surface area contributed by atoms with Gasteiger partial charge < -0.3 is 15.0 Å². The normalized spacial score (nSPS) is 11.9. The average Bonchev–Trinajstić information content (AvgIpc) is 3.02. The number of phenolic OH excluding ortho intramolecular Hbond substituents is 1. The van der Waals surface area contributed by atoms with Crippen molar-refractivity contribution < 1.29 is 9.90 Å². The van der Waals surface area contributed by atoms with Gasteiger partial charge in [-0.05, 0) is 30.2 Å². The third-order valence-corrected chi connectivity index (χ3v) is 4.08. The molecular formula is C20H21N3O2. The van der Waals surface area contributed by atoms with E-state index in [0.717, 1.165) is 16.8 Å². The van der Waals surface area contributed by atoms with E-state index in [0.29, 0.717) is 6.54 Å². The second-order valence-corrected chi connectivity index (χ2v) is 6.06. The molecule has 5 heteroatoms. The van der Waals surface area contributed by atoms with Crippen LogP contribution in [0.5, 0.6) is 5.75 Å². The SMILES string of the molecule is C[C@H](NC(=O)Cc1cncn1Cc1ccccc1)c1cccc(O)c1. The molecule has 0 aliphatic heterocycles. The molecule has 0 aliphatic carbocycles. The summed E-state index contributed by atoms with van der Waals surface area (Å²) >= 11 is 0. The molecule has 0 fully saturated rings. The highest BCUT2D eigenvalue weighted by molar-refractivity contribution is 5.78. The number of hydrogen-bond acceptors (Lipinski definition) is 3. The van der Waals surface area contributed by atoms with Crippen molar-refractivity contribution in [3.8, 4) is 5.75 Å². The van der Waals surface area contributed by atoms with Crippen LogP contribution in [0.15, 0.2) is 67.1 Å². The summed E-state index contributed by atoms with van der Waals surface area (Å²) in [5.74, 6) is 0.116. The first kappa shape index (κ1) is 16.8. The lowest BCUT2D eigenvalue weighted by Gasteiger charge is -2.15. The van der Waals surface area contributed by atoms with Crippen LogP contribution in [0.3, 0.4) is 0 Å². The van der Waals surface area contributed by atoms with E-state index in [1.807, 2.05) is 47.9 Å². The Labute approximate surface area is 147 Å². The summed E-state index contributed by atoms with van der Waals surface area (Å²) in [6.07, 6.45) is 3.73. The van der Waals surface area contributed by atoms with Gasteiger partial charge in [0.15, 0.2) is 0 Å². The zero-order valence-electron chi connectivity index (χ0n) is 14.1. The molecule has 3 aromatic rings. The van der Waals surface area contributed by atoms with E-state index < -0.39 is 0 Å². The second-order valence-electron chi connectivity index (χ2n) is 6.06. The Balaban J connectivity index is 1.63. The number of amides is 1. The second kappa shape index (κ2) is 7.66. The first-order valence-electron chi connectivity index (χ1n) is 8.23. The Bertz CT molecular complexity index is 843. The van der Waals surface area contributed by atoms with Gasteiger partial charge in [-0.1, -0.05) is 42.5 Å². The lowest BCUT2D eigenvalue weighted by atomic mass is 10.1. The van der Waals surface area contributed by atoms with Gasteiger partial charge in [0.1, 0.15) is 5.75 Å². The fraction of sp³-hybridized carbons (Fsp3) is 0.200. The third-order valence-electron chi connectivity index (χ3n) is 4.08. The highest BCUT2D eigenvalue weighted by atomic mass is 16.3. The van der Waals surface area contributed by atoms with Crippen molar-refractivity contribution in [1.82, 2.24) is 14.9 Å². The van der Waals surface area contributed by atoms with E-state index in [9.17, 15) is 9.90 Å². The zero-order chi connectivity index (χ0) is 17.6. The summed E-state index contributed by atoms with van der Waals surface area (Å²) < 4.78 is 1.98. The molecule has 2 N–H and O–H groups in total. The molecular weight excluding hydrogens is 314 g/mol. The average molecular weight is 335 g/mol. The summed E-state index contributed by atoms with van der Waals surface area (Å²) in [5, 5.41) is 12.5. The molecule has 128 valence electrons. The van der Waals surface area contributed by atoms with Gasteiger partial charge in [0.05, 0.1) is 18.8 Å². The molecule has 0 radical (unpaired) electrons. The maximum atomic E-state index is 12.4. The summed E-state index contributed by atoms with van der Waals surface area (Å²) in [6, 6.07) is 16.8. The number of benzene rings is 2. The van der Waals surface area contributed by atoms with Gasteiger partial charge >= 0.3 is 0 Å². The van der Waals surface area contributed by atoms with Crippen LogP contribution in [0.4, 0.5) is 0 Å². The molecule has 0 aliphatic rings. The number of rotatable bonds is 6. The Kier molecular flexibility index (Phi) is 5.14. The van der Waals surface area contributed by atoms with Crippen LogP contribution in [0.2, 0.25) is 0 Å². The van der Waals surface area contributed by atoms with Gasteiger partial charge in [0, 0.05) is 18.4 Å². The van der Waals surface area contributed by atoms with Crippen LogP contribution in [0.25, 0.3) is 0 Å². The molecule has 0 saturated heterocycles. The molecule has 3 rings (SSSR count). The van der Waals surface area contributed by atoms with Gasteiger partial charge in [0.2, 0.25) is 5.91 Å². The van der Waals surface area contributed by atoms with Gasteiger partial charge in [-0.2, -0.15) is 0 Å². The van der Waals surface area contributed by atoms with E-state index in [1.54, 1.807) is 30.7 Å². The first-order chi connectivity index (χ1) is 12.1. The highest BCUT2D eigenvalue weighted by Gasteiger charge is 2.13. The standard InChI is InChI=1S/C20H21N3O2/c1-15(17-8-5-9-19(24)10-17)22-20(25)11-18-12-21-14-23(18)13-16-6-3-2-4-7-16/h2-10,12,14-15,24H,11,13H2,1H3,(H,22,25)/t15-/m0/s1. The lowest BCUT2D eigenvalue weighted by Crippen LogP contribution is -2.28. The minimum absolute atomic E-state index is 0.0781. The van der Waals surface area contributed by atoms with Crippen LogP contribution in [-0.4, -0.2) is 20.6 Å². The molecule has 1 aromatic heterocycles. The first-order valence-corrected chi connectivity index (χ1v) is 8.23. The van der Waals surface area contributed by atoms with Gasteiger partial charge in [-0.3, -0.25) is 4.79 Å². The largest absolute Gasteiger partial charge is 0.508 e. The maximum Gasteiger partial charge on any atom is 0.226 e. The molecule has 5 nitrogen and oxygen atoms in total. The van der Waals surface area contributed by atoms with Crippen molar-refractivity contribution in [2.75, 3.05) is 0 Å². The molecule has 1 amide bonds. The van der Waals surface area contributed by atoms with Crippen molar-refractivity contribution >= 4 is 5.91 Å². The van der Waals surface area contributed by atoms with Gasteiger partial charge in [-0.15, -0.1) is 0 Å². The van der Waals surface area contributed by atoms with Gasteiger partial charge in [0.25, 0.3) is 0 Å². The van der Waals surface area contributed by atoms with E-state index in [1.165, 1.54) is 0 Å². The van der Waals surface area contributed by atoms with Crippen LogP contribution >= 0.6 is 0 Å². The maximum absolute atomic E-state index is 12.4. The van der Waals surface area contributed by atoms with Crippen LogP contribution < -0.4 is 5.32 Å². The Morgan fingerprint density at radius 1 is 1.20 bits per heavy atom. The van der Waals surface area contributed by atoms with E-state index >= 15 is 0 Å². The predicted octanol–water partition coefficient (Wildman–Crippen LogP) is 3.06. The third kappa shape index (κ3) is 4.47. The number of aromatic nitrogens is 2. The fourth-order valence-electron chi connectivity index (χ4n) is 2.75. The van der Waals surface area contributed by atoms with E-state index in [2.05, 4.69) is 10.3 Å². The highest BCUT2D eigenvalue weighted by Crippen LogP contribution is 2.18. The monoisotopic (exact) mass is 335 g/mol. The summed E-state index contributed by atoms with van der Waals surface area (Å²) in [5.41, 5.74) is 2.89. The number of phenols is 1. The van der Waals surface area contributed by atoms with Crippen molar-refractivity contribution in [2.24, 2.45) is 0 Å². The number of nitrogens with one attached hydrogen (secondary N) is 1. The zero-order valence-corrected chi connectivity index (χ0v) is 14.1. The smallest absolute Gasteiger partial charge is 0.226 e. The summed E-state index contributed by atoms with van der Waals surface area (Å²) in [6.45, 7) is 2.58. The Morgan fingerprint density at radius 3 is 2.76 bits per heavy atom. The minimum Gasteiger partial charge on any atom is -0.508 e. The number of imidazole rings is 1. The molecule has 0 spiro atoms. The number of carbonyl (C=O) groups excluding carboxylic acids is 1. The molecule has 0 unspecified atom stereocenters. The summed E-state index contributed by atoms with van der Waals surface area (Å²) in [7, 11) is 0. The van der Waals surface area contributed by atoms with Gasteiger partial charge in [-0.25, -0.2) is 4.98 Å². The van der Waals surface area contributed by atoms with E-state index in [4.69, 9.17) is 0 Å². The van der Waals surface area contributed by atoms with Crippen LogP contribution in [0, 0.1) is 0 Å². The fourth-order valence-corrected chi connectivity index (χ4v) is 2.75. The molecule has 0 bridgehead atoms. The van der Waals surface area contributed by atoms with Crippen molar-refractivity contribution in [3.05, 3.63) is 83.9 Å². The predicted molar refractivity (Wildman–Crippen MR) is 96.1 cm³/mol. The Hall–Kier alpha value is -3.08. The molecule has 0 saturated carbocycles. The minimum atomic E-state index is -0.176. The molecule has 2 aromatic carbocycles. The number of hydrogen-bond donors (Lipinski definition) is 2. The summed E-state index contributed by atoms with van der Waals surface area (Å²) in [4.78, 5) is 16.5. The van der Waals surface area contributed by atoms with E-state index in [-0.39, 0.29) is 24.1 Å². The molecule has 1 atom stereocenters. The van der Waals surface area contributed by atoms with Crippen molar-refractivity contribution in [2.45, 2.75) is 25.9 Å².